The standard InChI is InChI=1S/C22H26N2O6S/c1-2-29-22(26)19-12-13-20(30-19)31(27,28)24-14-6-11-18(24)21(25)23-17-10-5-8-15-7-3-4-9-16(15)17/h5,8,10,12-13,18H,2-4,6-7,9,11,14H2,1H3,(H,23,25)/t18-/m1/s1. The van der Waals surface area contributed by atoms with Crippen molar-refractivity contribution in [3.63, 3.8) is 0 Å². The number of esters is 1. The van der Waals surface area contributed by atoms with Gasteiger partial charge in [-0.1, -0.05) is 12.1 Å². The number of sulfonamides is 1. The van der Waals surface area contributed by atoms with Crippen LogP contribution in [0.2, 0.25) is 0 Å². The third-order valence-electron chi connectivity index (χ3n) is 5.78. The summed E-state index contributed by atoms with van der Waals surface area (Å²) in [7, 11) is -4.07. The maximum absolute atomic E-state index is 13.1. The van der Waals surface area contributed by atoms with Gasteiger partial charge in [-0.05, 0) is 74.8 Å². The molecule has 9 heteroatoms. The van der Waals surface area contributed by atoms with E-state index in [-0.39, 0.29) is 29.9 Å². The monoisotopic (exact) mass is 446 g/mol. The number of rotatable bonds is 6. The van der Waals surface area contributed by atoms with Crippen molar-refractivity contribution in [3.05, 3.63) is 47.2 Å². The van der Waals surface area contributed by atoms with Crippen LogP contribution in [0, 0.1) is 0 Å². The minimum atomic E-state index is -4.07. The van der Waals surface area contributed by atoms with E-state index >= 15 is 0 Å². The lowest BCUT2D eigenvalue weighted by Gasteiger charge is -2.24. The van der Waals surface area contributed by atoms with Gasteiger partial charge in [0.05, 0.1) is 6.61 Å². The van der Waals surface area contributed by atoms with Crippen LogP contribution in [0.5, 0.6) is 0 Å². The first-order valence-electron chi connectivity index (χ1n) is 10.6. The Morgan fingerprint density at radius 2 is 1.97 bits per heavy atom. The predicted molar refractivity (Wildman–Crippen MR) is 113 cm³/mol. The Balaban J connectivity index is 1.54. The van der Waals surface area contributed by atoms with Crippen LogP contribution in [0.1, 0.15) is 54.3 Å². The van der Waals surface area contributed by atoms with Gasteiger partial charge in [0.1, 0.15) is 6.04 Å². The van der Waals surface area contributed by atoms with Crippen LogP contribution < -0.4 is 5.32 Å². The zero-order valence-corrected chi connectivity index (χ0v) is 18.2. The molecule has 1 atom stereocenters. The molecule has 1 aromatic carbocycles. The lowest BCUT2D eigenvalue weighted by molar-refractivity contribution is -0.119. The van der Waals surface area contributed by atoms with Crippen molar-refractivity contribution >= 4 is 27.6 Å². The highest BCUT2D eigenvalue weighted by atomic mass is 32.2. The highest BCUT2D eigenvalue weighted by Crippen LogP contribution is 2.31. The summed E-state index contributed by atoms with van der Waals surface area (Å²) in [6, 6.07) is 7.53. The number of anilines is 1. The summed E-state index contributed by atoms with van der Waals surface area (Å²) in [6.07, 6.45) is 5.09. The zero-order valence-electron chi connectivity index (χ0n) is 17.4. The fourth-order valence-electron chi connectivity index (χ4n) is 4.29. The van der Waals surface area contributed by atoms with E-state index in [2.05, 4.69) is 11.4 Å². The molecule has 1 aliphatic carbocycles. The van der Waals surface area contributed by atoms with Crippen LogP contribution >= 0.6 is 0 Å². The van der Waals surface area contributed by atoms with E-state index in [1.807, 2.05) is 12.1 Å². The average Bonchev–Trinajstić information content (AvgIpc) is 3.45. The van der Waals surface area contributed by atoms with Crippen molar-refractivity contribution in [2.45, 2.75) is 56.6 Å². The summed E-state index contributed by atoms with van der Waals surface area (Å²) < 4.78 is 37.5. The molecule has 2 aliphatic rings. The third-order valence-corrected chi connectivity index (χ3v) is 7.56. The molecule has 0 bridgehead atoms. The molecule has 1 aromatic heterocycles. The molecule has 0 spiro atoms. The van der Waals surface area contributed by atoms with Gasteiger partial charge < -0.3 is 14.5 Å². The summed E-state index contributed by atoms with van der Waals surface area (Å²) in [5.74, 6) is -1.26. The molecule has 1 amide bonds. The lowest BCUT2D eigenvalue weighted by Crippen LogP contribution is -2.43. The number of nitrogens with one attached hydrogen (secondary N) is 1. The zero-order chi connectivity index (χ0) is 22.0. The number of hydrogen-bond donors (Lipinski definition) is 1. The molecular formula is C22H26N2O6S. The minimum absolute atomic E-state index is 0.152. The van der Waals surface area contributed by atoms with E-state index in [0.29, 0.717) is 12.8 Å². The molecule has 1 N–H and O–H groups in total. The molecular weight excluding hydrogens is 420 g/mol. The Hall–Kier alpha value is -2.65. The highest BCUT2D eigenvalue weighted by molar-refractivity contribution is 7.89. The number of fused-ring (bicyclic) bond motifs is 1. The van der Waals surface area contributed by atoms with E-state index in [0.717, 1.165) is 41.2 Å². The van der Waals surface area contributed by atoms with Crippen LogP contribution in [-0.2, 0) is 32.4 Å². The first-order chi connectivity index (χ1) is 14.9. The Labute approximate surface area is 181 Å². The third kappa shape index (κ3) is 4.24. The summed E-state index contributed by atoms with van der Waals surface area (Å²) in [6.45, 7) is 2.01. The van der Waals surface area contributed by atoms with Crippen molar-refractivity contribution in [1.29, 1.82) is 0 Å². The summed E-state index contributed by atoms with van der Waals surface area (Å²) >= 11 is 0. The average molecular weight is 447 g/mol. The van der Waals surface area contributed by atoms with Gasteiger partial charge in [-0.25, -0.2) is 13.2 Å². The van der Waals surface area contributed by atoms with E-state index in [1.165, 1.54) is 17.7 Å². The van der Waals surface area contributed by atoms with Crippen molar-refractivity contribution in [1.82, 2.24) is 4.31 Å². The van der Waals surface area contributed by atoms with Gasteiger partial charge in [0, 0.05) is 12.2 Å². The summed E-state index contributed by atoms with van der Waals surface area (Å²) in [5, 5.41) is 2.59. The minimum Gasteiger partial charge on any atom is -0.460 e. The summed E-state index contributed by atoms with van der Waals surface area (Å²) in [5.41, 5.74) is 3.13. The molecule has 0 radical (unpaired) electrons. The molecule has 1 aliphatic heterocycles. The van der Waals surface area contributed by atoms with Gasteiger partial charge in [-0.2, -0.15) is 4.31 Å². The van der Waals surface area contributed by atoms with Crippen LogP contribution in [-0.4, -0.2) is 43.8 Å². The van der Waals surface area contributed by atoms with Crippen LogP contribution in [0.3, 0.4) is 0 Å². The smallest absolute Gasteiger partial charge is 0.374 e. The molecule has 166 valence electrons. The number of amides is 1. The van der Waals surface area contributed by atoms with Crippen LogP contribution in [0.15, 0.2) is 39.8 Å². The topological polar surface area (TPSA) is 106 Å². The number of ether oxygens (including phenoxy) is 1. The first-order valence-corrected chi connectivity index (χ1v) is 12.1. The Kier molecular flexibility index (Phi) is 6.15. The number of carbonyl (C=O) groups excluding carboxylic acids is 2. The fourth-order valence-corrected chi connectivity index (χ4v) is 5.86. The van der Waals surface area contributed by atoms with Gasteiger partial charge in [0.25, 0.3) is 10.0 Å². The first kappa shape index (κ1) is 21.6. The second kappa shape index (κ2) is 8.84. The Morgan fingerprint density at radius 1 is 1.16 bits per heavy atom. The number of benzene rings is 1. The molecule has 0 unspecified atom stereocenters. The SMILES string of the molecule is CCOC(=O)c1ccc(S(=O)(=O)N2CCC[C@@H]2C(=O)Nc2cccc3c2CCCC3)o1. The lowest BCUT2D eigenvalue weighted by atomic mass is 9.90. The van der Waals surface area contributed by atoms with Gasteiger partial charge in [0.15, 0.2) is 0 Å². The molecule has 2 aromatic rings. The van der Waals surface area contributed by atoms with Crippen molar-refractivity contribution in [3.8, 4) is 0 Å². The molecule has 4 rings (SSSR count). The highest BCUT2D eigenvalue weighted by Gasteiger charge is 2.41. The van der Waals surface area contributed by atoms with Gasteiger partial charge in [-0.15, -0.1) is 0 Å². The Bertz CT molecular complexity index is 1090. The maximum atomic E-state index is 13.1. The molecule has 1 fully saturated rings. The van der Waals surface area contributed by atoms with E-state index in [4.69, 9.17) is 9.15 Å². The van der Waals surface area contributed by atoms with Gasteiger partial charge in [-0.3, -0.25) is 4.79 Å². The predicted octanol–water partition coefficient (Wildman–Crippen LogP) is 3.13. The number of nitrogens with zero attached hydrogens (tertiary/aromatic N) is 1. The molecule has 31 heavy (non-hydrogen) atoms. The molecule has 0 saturated carbocycles. The normalized spacial score (nSPS) is 19.1. The number of hydrogen-bond acceptors (Lipinski definition) is 6. The van der Waals surface area contributed by atoms with Crippen LogP contribution in [0.25, 0.3) is 0 Å². The second-order valence-corrected chi connectivity index (χ2v) is 9.57. The second-order valence-electron chi connectivity index (χ2n) is 7.75. The van der Waals surface area contributed by atoms with Crippen molar-refractivity contribution in [2.24, 2.45) is 0 Å². The van der Waals surface area contributed by atoms with E-state index in [9.17, 15) is 18.0 Å². The Morgan fingerprint density at radius 3 is 2.77 bits per heavy atom. The maximum Gasteiger partial charge on any atom is 0.374 e. The van der Waals surface area contributed by atoms with Crippen molar-refractivity contribution in [2.75, 3.05) is 18.5 Å². The molecule has 1 saturated heterocycles. The number of carbonyl (C=O) groups is 2. The van der Waals surface area contributed by atoms with Crippen molar-refractivity contribution < 1.29 is 27.2 Å². The van der Waals surface area contributed by atoms with Gasteiger partial charge in [0.2, 0.25) is 16.8 Å². The van der Waals surface area contributed by atoms with E-state index in [1.54, 1.807) is 6.92 Å². The molecule has 8 nitrogen and oxygen atoms in total. The fraction of sp³-hybridized carbons (Fsp3) is 0.455. The summed E-state index contributed by atoms with van der Waals surface area (Å²) in [4.78, 5) is 24.9. The van der Waals surface area contributed by atoms with E-state index < -0.39 is 22.0 Å². The number of aryl methyl sites for hydroxylation is 1. The quantitative estimate of drug-likeness (QED) is 0.684. The molecule has 2 heterocycles. The van der Waals surface area contributed by atoms with Gasteiger partial charge >= 0.3 is 5.97 Å². The van der Waals surface area contributed by atoms with Crippen LogP contribution in [0.4, 0.5) is 5.69 Å². The number of furan rings is 1. The largest absolute Gasteiger partial charge is 0.460 e.